The molecule has 27 heavy (non-hydrogen) atoms. The van der Waals surface area contributed by atoms with Crippen LogP contribution in [-0.4, -0.2) is 58.0 Å². The van der Waals surface area contributed by atoms with Gasteiger partial charge < -0.3 is 20.4 Å². The van der Waals surface area contributed by atoms with E-state index in [2.05, 4.69) is 4.98 Å². The van der Waals surface area contributed by atoms with Gasteiger partial charge in [-0.15, -0.1) is 0 Å². The highest BCUT2D eigenvalue weighted by molar-refractivity contribution is 6.46. The first kappa shape index (κ1) is 18.8. The first-order chi connectivity index (χ1) is 13.1. The highest BCUT2D eigenvalue weighted by Gasteiger charge is 2.46. The molecule has 1 amide bonds. The van der Waals surface area contributed by atoms with Gasteiger partial charge in [-0.25, -0.2) is 0 Å². The number of pyridine rings is 1. The summed E-state index contributed by atoms with van der Waals surface area (Å²) in [5.74, 6) is -1.57. The smallest absolute Gasteiger partial charge is 0.295 e. The highest BCUT2D eigenvalue weighted by atomic mass is 16.3. The molecule has 1 aromatic heterocycles. The van der Waals surface area contributed by atoms with Gasteiger partial charge in [-0.2, -0.15) is 0 Å². The van der Waals surface area contributed by atoms with Crippen LogP contribution < -0.4 is 5.32 Å². The summed E-state index contributed by atoms with van der Waals surface area (Å²) in [5.41, 5.74) is 1.05. The van der Waals surface area contributed by atoms with Crippen molar-refractivity contribution in [3.8, 4) is 0 Å². The van der Waals surface area contributed by atoms with Gasteiger partial charge in [-0.3, -0.25) is 14.6 Å². The summed E-state index contributed by atoms with van der Waals surface area (Å²) in [4.78, 5) is 31.1. The minimum absolute atomic E-state index is 0.0382. The van der Waals surface area contributed by atoms with Crippen molar-refractivity contribution in [1.29, 1.82) is 0 Å². The van der Waals surface area contributed by atoms with Gasteiger partial charge in [0.15, 0.2) is 0 Å². The molecule has 1 aliphatic rings. The largest absolute Gasteiger partial charge is 0.507 e. The molecule has 3 rings (SSSR count). The predicted molar refractivity (Wildman–Crippen MR) is 98.4 cm³/mol. The molecule has 7 heteroatoms. The van der Waals surface area contributed by atoms with E-state index >= 15 is 0 Å². The molecule has 0 saturated carbocycles. The summed E-state index contributed by atoms with van der Waals surface area (Å²) in [6.07, 6.45) is 1.59. The Morgan fingerprint density at radius 2 is 1.81 bits per heavy atom. The Morgan fingerprint density at radius 3 is 2.48 bits per heavy atom. The second-order valence-electron chi connectivity index (χ2n) is 6.20. The van der Waals surface area contributed by atoms with Gasteiger partial charge in [0.2, 0.25) is 0 Å². The van der Waals surface area contributed by atoms with Crippen LogP contribution in [0.5, 0.6) is 0 Å². The van der Waals surface area contributed by atoms with Crippen molar-refractivity contribution in [3.63, 3.8) is 0 Å². The lowest BCUT2D eigenvalue weighted by Gasteiger charge is -2.23. The molecule has 1 saturated heterocycles. The molecule has 0 aliphatic carbocycles. The molecule has 1 aliphatic heterocycles. The van der Waals surface area contributed by atoms with Crippen molar-refractivity contribution in [2.75, 3.05) is 26.2 Å². The third kappa shape index (κ3) is 3.89. The number of aliphatic hydroxyl groups is 2. The Kier molecular flexibility index (Phi) is 5.95. The summed E-state index contributed by atoms with van der Waals surface area (Å²) < 4.78 is 0. The minimum atomic E-state index is -0.742. The number of nitrogens with two attached hydrogens (primary N) is 1. The van der Waals surface area contributed by atoms with E-state index in [0.717, 1.165) is 0 Å². The van der Waals surface area contributed by atoms with Crippen LogP contribution in [0.3, 0.4) is 0 Å². The number of quaternary nitrogens is 1. The maximum Gasteiger partial charge on any atom is 0.295 e. The monoisotopic (exact) mass is 368 g/mol. The number of nitrogens with zero attached hydrogens (tertiary/aromatic N) is 2. The topological polar surface area (TPSA) is 107 Å². The van der Waals surface area contributed by atoms with Crippen molar-refractivity contribution in [1.82, 2.24) is 9.88 Å². The molecule has 4 N–H and O–H groups in total. The zero-order valence-corrected chi connectivity index (χ0v) is 14.8. The average molecular weight is 368 g/mol. The third-order valence-electron chi connectivity index (χ3n) is 4.46. The molecule has 0 spiro atoms. The van der Waals surface area contributed by atoms with E-state index in [1.807, 2.05) is 11.4 Å². The maximum atomic E-state index is 12.7. The van der Waals surface area contributed by atoms with E-state index in [9.17, 15) is 14.7 Å². The van der Waals surface area contributed by atoms with Crippen molar-refractivity contribution in [2.24, 2.45) is 0 Å². The van der Waals surface area contributed by atoms with Gasteiger partial charge >= 0.3 is 0 Å². The number of carbonyl (C=O) groups is 2. The van der Waals surface area contributed by atoms with Crippen LogP contribution in [0, 0.1) is 0 Å². The van der Waals surface area contributed by atoms with Gasteiger partial charge in [0.05, 0.1) is 37.5 Å². The Bertz CT molecular complexity index is 837. The molecule has 0 unspecified atom stereocenters. The zero-order valence-electron chi connectivity index (χ0n) is 14.8. The Hall–Kier alpha value is -3.03. The lowest BCUT2D eigenvalue weighted by molar-refractivity contribution is -0.655. The van der Waals surface area contributed by atoms with Crippen LogP contribution in [0.15, 0.2) is 60.3 Å². The molecular formula is C20H22N3O4+. The lowest BCUT2D eigenvalue weighted by atomic mass is 9.98. The standard InChI is InChI=1S/C20H21N3O4/c24-13-11-21-10-12-23-17(15-8-4-5-9-22-15)16(19(26)20(23)27)18(25)14-6-2-1-3-7-14/h1-9,17,21,24-25H,10-13H2/p+1/t17-/m1/s1. The summed E-state index contributed by atoms with van der Waals surface area (Å²) in [7, 11) is 0. The van der Waals surface area contributed by atoms with Crippen LogP contribution in [0.4, 0.5) is 0 Å². The summed E-state index contributed by atoms with van der Waals surface area (Å²) in [6, 6.07) is 13.2. The first-order valence-corrected chi connectivity index (χ1v) is 8.82. The normalized spacial score (nSPS) is 18.9. The molecule has 0 radical (unpaired) electrons. The number of hydrogen-bond donors (Lipinski definition) is 3. The zero-order chi connectivity index (χ0) is 19.2. The number of carbonyl (C=O) groups excluding carboxylic acids is 2. The molecule has 2 aromatic rings. The molecule has 140 valence electrons. The molecule has 2 heterocycles. The van der Waals surface area contributed by atoms with Gasteiger partial charge in [0.25, 0.3) is 11.7 Å². The molecule has 0 bridgehead atoms. The van der Waals surface area contributed by atoms with Gasteiger partial charge in [0, 0.05) is 11.8 Å². The van der Waals surface area contributed by atoms with Crippen LogP contribution >= 0.6 is 0 Å². The highest BCUT2D eigenvalue weighted by Crippen LogP contribution is 2.38. The molecule has 7 nitrogen and oxygen atoms in total. The summed E-state index contributed by atoms with van der Waals surface area (Å²) in [6.45, 7) is 1.39. The second-order valence-corrected chi connectivity index (χ2v) is 6.20. The number of aromatic nitrogens is 1. The number of likely N-dealkylation sites (tertiary alicyclic amines) is 1. The van der Waals surface area contributed by atoms with Crippen LogP contribution in [0.2, 0.25) is 0 Å². The average Bonchev–Trinajstić information content (AvgIpc) is 2.97. The Labute approximate surface area is 157 Å². The van der Waals surface area contributed by atoms with E-state index in [1.165, 1.54) is 4.90 Å². The van der Waals surface area contributed by atoms with Crippen LogP contribution in [0.1, 0.15) is 17.3 Å². The number of ketones is 1. The van der Waals surface area contributed by atoms with Crippen LogP contribution in [-0.2, 0) is 9.59 Å². The number of rotatable bonds is 7. The fourth-order valence-electron chi connectivity index (χ4n) is 3.17. The van der Waals surface area contributed by atoms with E-state index < -0.39 is 17.7 Å². The van der Waals surface area contributed by atoms with Gasteiger partial charge in [-0.1, -0.05) is 36.4 Å². The van der Waals surface area contributed by atoms with Gasteiger partial charge in [0.1, 0.15) is 11.8 Å². The van der Waals surface area contributed by atoms with Crippen molar-refractivity contribution < 1.29 is 25.1 Å². The molecular weight excluding hydrogens is 346 g/mol. The summed E-state index contributed by atoms with van der Waals surface area (Å²) in [5, 5.41) is 21.6. The number of Topliss-reactive ketones (excluding diaryl/α,β-unsaturated/α-hetero) is 1. The molecule has 1 aromatic carbocycles. The Morgan fingerprint density at radius 1 is 1.07 bits per heavy atom. The van der Waals surface area contributed by atoms with Crippen molar-refractivity contribution >= 4 is 17.4 Å². The second kappa shape index (κ2) is 8.57. The van der Waals surface area contributed by atoms with Crippen molar-refractivity contribution in [3.05, 3.63) is 71.6 Å². The van der Waals surface area contributed by atoms with E-state index in [4.69, 9.17) is 5.11 Å². The van der Waals surface area contributed by atoms with Crippen LogP contribution in [0.25, 0.3) is 5.76 Å². The number of aliphatic hydroxyl groups excluding tert-OH is 2. The summed E-state index contributed by atoms with van der Waals surface area (Å²) >= 11 is 0. The third-order valence-corrected chi connectivity index (χ3v) is 4.46. The predicted octanol–water partition coefficient (Wildman–Crippen LogP) is 0.0590. The minimum Gasteiger partial charge on any atom is -0.507 e. The number of hydrogen-bond acceptors (Lipinski definition) is 5. The number of amides is 1. The quantitative estimate of drug-likeness (QED) is 0.277. The van der Waals surface area contributed by atoms with E-state index in [0.29, 0.717) is 30.9 Å². The van der Waals surface area contributed by atoms with E-state index in [-0.39, 0.29) is 17.9 Å². The fraction of sp³-hybridized carbons (Fsp3) is 0.250. The van der Waals surface area contributed by atoms with Crippen molar-refractivity contribution in [2.45, 2.75) is 6.04 Å². The van der Waals surface area contributed by atoms with E-state index in [1.54, 1.807) is 48.7 Å². The molecule has 1 atom stereocenters. The lowest BCUT2D eigenvalue weighted by Crippen LogP contribution is -2.86. The number of benzene rings is 1. The molecule has 1 fully saturated rings. The fourth-order valence-corrected chi connectivity index (χ4v) is 3.17. The SMILES string of the molecule is O=C1C(=O)N(CC[NH2+]CCO)[C@H](c2ccccn2)C1=C(O)c1ccccc1. The Balaban J connectivity index is 2.03. The maximum absolute atomic E-state index is 12.7. The first-order valence-electron chi connectivity index (χ1n) is 8.82. The van der Waals surface area contributed by atoms with Gasteiger partial charge in [-0.05, 0) is 12.1 Å².